The maximum atomic E-state index is 13.2. The predicted octanol–water partition coefficient (Wildman–Crippen LogP) is 6.61. The summed E-state index contributed by atoms with van der Waals surface area (Å²) < 4.78 is 6.80. The fourth-order valence-electron chi connectivity index (χ4n) is 3.46. The molecule has 1 aliphatic heterocycles. The number of halogens is 2. The lowest BCUT2D eigenvalue weighted by Crippen LogP contribution is -2.37. The van der Waals surface area contributed by atoms with Gasteiger partial charge in [0.1, 0.15) is 0 Å². The standard InChI is InChI=1S/C22H22Cl2N2O2S2/c1-14-11-16(24)12-19-21(14)25-22(30-19)26(13-17-3-2-9-28-17)20(27)8-10-29-18-6-4-15(23)5-7-18/h4-7,11-12,17H,2-3,8-10,13H2,1H3. The van der Waals surface area contributed by atoms with E-state index in [9.17, 15) is 4.79 Å². The van der Waals surface area contributed by atoms with E-state index in [1.165, 1.54) is 11.3 Å². The molecular formula is C22H22Cl2N2O2S2. The van der Waals surface area contributed by atoms with E-state index in [0.717, 1.165) is 40.1 Å². The van der Waals surface area contributed by atoms with Gasteiger partial charge in [0.15, 0.2) is 5.13 Å². The second kappa shape index (κ2) is 9.88. The number of aryl methyl sites for hydroxylation is 1. The lowest BCUT2D eigenvalue weighted by Gasteiger charge is -2.23. The Bertz CT molecular complexity index is 1030. The van der Waals surface area contributed by atoms with Crippen LogP contribution in [-0.2, 0) is 9.53 Å². The molecule has 8 heteroatoms. The van der Waals surface area contributed by atoms with E-state index >= 15 is 0 Å². The largest absolute Gasteiger partial charge is 0.376 e. The molecule has 1 amide bonds. The van der Waals surface area contributed by atoms with Crippen molar-refractivity contribution in [2.45, 2.75) is 37.2 Å². The summed E-state index contributed by atoms with van der Waals surface area (Å²) in [6, 6.07) is 11.5. The molecule has 1 aromatic heterocycles. The zero-order valence-corrected chi connectivity index (χ0v) is 19.7. The third-order valence-electron chi connectivity index (χ3n) is 4.98. The number of aromatic nitrogens is 1. The molecule has 1 saturated heterocycles. The van der Waals surface area contributed by atoms with Crippen LogP contribution in [0.15, 0.2) is 41.3 Å². The molecule has 30 heavy (non-hydrogen) atoms. The second-order valence-electron chi connectivity index (χ2n) is 7.26. The number of thiazole rings is 1. The van der Waals surface area contributed by atoms with Gasteiger partial charge in [0, 0.05) is 33.7 Å². The van der Waals surface area contributed by atoms with Gasteiger partial charge in [-0.25, -0.2) is 4.98 Å². The van der Waals surface area contributed by atoms with Crippen LogP contribution in [0.4, 0.5) is 5.13 Å². The molecule has 1 atom stereocenters. The molecular weight excluding hydrogens is 459 g/mol. The summed E-state index contributed by atoms with van der Waals surface area (Å²) in [5, 5.41) is 2.11. The number of nitrogens with zero attached hydrogens (tertiary/aromatic N) is 2. The van der Waals surface area contributed by atoms with E-state index in [-0.39, 0.29) is 12.0 Å². The number of carbonyl (C=O) groups excluding carboxylic acids is 1. The van der Waals surface area contributed by atoms with Crippen LogP contribution in [0, 0.1) is 6.92 Å². The Morgan fingerprint density at radius 1 is 1.27 bits per heavy atom. The summed E-state index contributed by atoms with van der Waals surface area (Å²) in [6.07, 6.45) is 2.50. The molecule has 0 saturated carbocycles. The summed E-state index contributed by atoms with van der Waals surface area (Å²) in [7, 11) is 0. The molecule has 3 aromatic rings. The van der Waals surface area contributed by atoms with Gasteiger partial charge in [-0.1, -0.05) is 34.5 Å². The van der Waals surface area contributed by atoms with Crippen molar-refractivity contribution in [1.82, 2.24) is 4.98 Å². The summed E-state index contributed by atoms with van der Waals surface area (Å²) in [5.41, 5.74) is 1.92. The van der Waals surface area contributed by atoms with Crippen LogP contribution >= 0.6 is 46.3 Å². The molecule has 0 spiro atoms. The number of thioether (sulfide) groups is 1. The first-order valence-electron chi connectivity index (χ1n) is 9.86. The number of amides is 1. The van der Waals surface area contributed by atoms with Crippen LogP contribution < -0.4 is 4.90 Å². The molecule has 0 bridgehead atoms. The van der Waals surface area contributed by atoms with E-state index in [1.54, 1.807) is 16.7 Å². The summed E-state index contributed by atoms with van der Waals surface area (Å²) >= 11 is 15.3. The first-order chi connectivity index (χ1) is 14.5. The smallest absolute Gasteiger partial charge is 0.229 e. The van der Waals surface area contributed by atoms with Crippen molar-refractivity contribution in [2.75, 3.05) is 23.8 Å². The monoisotopic (exact) mass is 480 g/mol. The molecule has 0 N–H and O–H groups in total. The molecule has 4 nitrogen and oxygen atoms in total. The van der Waals surface area contributed by atoms with Gasteiger partial charge in [-0.2, -0.15) is 0 Å². The number of fused-ring (bicyclic) bond motifs is 1. The van der Waals surface area contributed by atoms with Gasteiger partial charge in [0.25, 0.3) is 0 Å². The third-order valence-corrected chi connectivity index (χ3v) is 7.49. The molecule has 2 aromatic carbocycles. The van der Waals surface area contributed by atoms with Crippen molar-refractivity contribution in [3.05, 3.63) is 52.0 Å². The quantitative estimate of drug-likeness (QED) is 0.357. The maximum Gasteiger partial charge on any atom is 0.229 e. The number of benzene rings is 2. The minimum atomic E-state index is 0.0644. The Balaban J connectivity index is 1.50. The lowest BCUT2D eigenvalue weighted by molar-refractivity contribution is -0.118. The number of rotatable bonds is 7. The first kappa shape index (κ1) is 21.9. The fraction of sp³-hybridized carbons (Fsp3) is 0.364. The van der Waals surface area contributed by atoms with Crippen LogP contribution in [-0.4, -0.2) is 35.9 Å². The number of anilines is 1. The van der Waals surface area contributed by atoms with Gasteiger partial charge in [-0.05, 0) is 61.7 Å². The van der Waals surface area contributed by atoms with Crippen molar-refractivity contribution in [2.24, 2.45) is 0 Å². The minimum absolute atomic E-state index is 0.0644. The summed E-state index contributed by atoms with van der Waals surface area (Å²) in [4.78, 5) is 20.9. The van der Waals surface area contributed by atoms with E-state index in [0.29, 0.717) is 33.9 Å². The van der Waals surface area contributed by atoms with E-state index in [2.05, 4.69) is 0 Å². The Morgan fingerprint density at radius 2 is 2.07 bits per heavy atom. The number of carbonyl (C=O) groups is 1. The Kier molecular flexibility index (Phi) is 7.21. The third kappa shape index (κ3) is 5.29. The van der Waals surface area contributed by atoms with Crippen molar-refractivity contribution < 1.29 is 9.53 Å². The predicted molar refractivity (Wildman–Crippen MR) is 127 cm³/mol. The minimum Gasteiger partial charge on any atom is -0.376 e. The SMILES string of the molecule is Cc1cc(Cl)cc2sc(N(CC3CCCO3)C(=O)CCSc3ccc(Cl)cc3)nc12. The molecule has 158 valence electrons. The van der Waals surface area contributed by atoms with Gasteiger partial charge in [-0.3, -0.25) is 9.69 Å². The van der Waals surface area contributed by atoms with Crippen LogP contribution in [0.1, 0.15) is 24.8 Å². The maximum absolute atomic E-state index is 13.2. The molecule has 2 heterocycles. The normalized spacial score (nSPS) is 16.3. The van der Waals surface area contributed by atoms with Gasteiger partial charge < -0.3 is 4.74 Å². The van der Waals surface area contributed by atoms with E-state index in [1.807, 2.05) is 43.3 Å². The topological polar surface area (TPSA) is 42.4 Å². The molecule has 1 fully saturated rings. The van der Waals surface area contributed by atoms with Gasteiger partial charge in [0.05, 0.1) is 22.9 Å². The Labute approximate surface area is 194 Å². The molecule has 0 radical (unpaired) electrons. The number of ether oxygens (including phenoxy) is 1. The van der Waals surface area contributed by atoms with Gasteiger partial charge in [-0.15, -0.1) is 11.8 Å². The van der Waals surface area contributed by atoms with Crippen molar-refractivity contribution in [1.29, 1.82) is 0 Å². The van der Waals surface area contributed by atoms with Crippen molar-refractivity contribution in [3.63, 3.8) is 0 Å². The Hall–Kier alpha value is -1.31. The highest BCUT2D eigenvalue weighted by Gasteiger charge is 2.26. The molecule has 0 aliphatic carbocycles. The highest BCUT2D eigenvalue weighted by Crippen LogP contribution is 2.34. The Morgan fingerprint density at radius 3 is 2.80 bits per heavy atom. The summed E-state index contributed by atoms with van der Waals surface area (Å²) in [5.74, 6) is 0.757. The first-order valence-corrected chi connectivity index (χ1v) is 12.4. The number of hydrogen-bond donors (Lipinski definition) is 0. The van der Waals surface area contributed by atoms with Crippen LogP contribution in [0.2, 0.25) is 10.0 Å². The molecule has 1 unspecified atom stereocenters. The zero-order chi connectivity index (χ0) is 21.1. The molecule has 4 rings (SSSR count). The van der Waals surface area contributed by atoms with Crippen molar-refractivity contribution in [3.8, 4) is 0 Å². The average molecular weight is 481 g/mol. The van der Waals surface area contributed by atoms with Gasteiger partial charge in [0.2, 0.25) is 5.91 Å². The summed E-state index contributed by atoms with van der Waals surface area (Å²) in [6.45, 7) is 3.29. The highest BCUT2D eigenvalue weighted by molar-refractivity contribution is 7.99. The highest BCUT2D eigenvalue weighted by atomic mass is 35.5. The van der Waals surface area contributed by atoms with Crippen LogP contribution in [0.25, 0.3) is 10.2 Å². The van der Waals surface area contributed by atoms with Crippen molar-refractivity contribution >= 4 is 67.6 Å². The van der Waals surface area contributed by atoms with Gasteiger partial charge >= 0.3 is 0 Å². The zero-order valence-electron chi connectivity index (χ0n) is 16.6. The average Bonchev–Trinajstić information content (AvgIpc) is 3.37. The van der Waals surface area contributed by atoms with Crippen LogP contribution in [0.5, 0.6) is 0 Å². The van der Waals surface area contributed by atoms with Crippen LogP contribution in [0.3, 0.4) is 0 Å². The second-order valence-corrected chi connectivity index (χ2v) is 10.3. The number of hydrogen-bond acceptors (Lipinski definition) is 5. The fourth-order valence-corrected chi connectivity index (χ4v) is 5.87. The molecule has 1 aliphatic rings. The lowest BCUT2D eigenvalue weighted by atomic mass is 10.2. The van der Waals surface area contributed by atoms with E-state index in [4.69, 9.17) is 32.9 Å². The van der Waals surface area contributed by atoms with E-state index < -0.39 is 0 Å².